The molecule has 1 heterocycles. The molecule has 0 aliphatic carbocycles. The standard InChI is InChI=1S/C9H12O3/c1-3-8-9(12-7(2)10)5-4-6-11-8/h1,8-9H,4-6H2,2H3/t8-,9+/m1/s1. The van der Waals surface area contributed by atoms with Crippen LogP contribution in [-0.2, 0) is 14.3 Å². The van der Waals surface area contributed by atoms with Crippen LogP contribution in [0, 0.1) is 12.3 Å². The molecule has 0 unspecified atom stereocenters. The first-order chi connectivity index (χ1) is 5.74. The first kappa shape index (κ1) is 9.08. The van der Waals surface area contributed by atoms with Crippen molar-refractivity contribution in [3.8, 4) is 12.3 Å². The Hall–Kier alpha value is -1.01. The van der Waals surface area contributed by atoms with Crippen LogP contribution in [0.2, 0.25) is 0 Å². The van der Waals surface area contributed by atoms with Crippen LogP contribution in [-0.4, -0.2) is 24.8 Å². The smallest absolute Gasteiger partial charge is 0.303 e. The van der Waals surface area contributed by atoms with Crippen molar-refractivity contribution in [3.63, 3.8) is 0 Å². The van der Waals surface area contributed by atoms with E-state index in [1.54, 1.807) is 0 Å². The van der Waals surface area contributed by atoms with E-state index in [1.807, 2.05) is 0 Å². The Balaban J connectivity index is 2.48. The van der Waals surface area contributed by atoms with E-state index in [4.69, 9.17) is 15.9 Å². The van der Waals surface area contributed by atoms with E-state index < -0.39 is 0 Å². The lowest BCUT2D eigenvalue weighted by Gasteiger charge is -2.27. The molecule has 0 radical (unpaired) electrons. The summed E-state index contributed by atoms with van der Waals surface area (Å²) in [6.07, 6.45) is 6.29. The molecule has 0 aromatic rings. The Labute approximate surface area is 72.0 Å². The topological polar surface area (TPSA) is 35.5 Å². The monoisotopic (exact) mass is 168 g/mol. The van der Waals surface area contributed by atoms with E-state index in [-0.39, 0.29) is 18.2 Å². The van der Waals surface area contributed by atoms with Gasteiger partial charge in [-0.05, 0) is 12.8 Å². The van der Waals surface area contributed by atoms with Crippen molar-refractivity contribution in [1.29, 1.82) is 0 Å². The summed E-state index contributed by atoms with van der Waals surface area (Å²) in [4.78, 5) is 10.6. The molecular formula is C9H12O3. The SMILES string of the molecule is C#C[C@H]1OCCC[C@@H]1OC(C)=O. The van der Waals surface area contributed by atoms with Gasteiger partial charge in [0.2, 0.25) is 0 Å². The van der Waals surface area contributed by atoms with Crippen LogP contribution in [0.5, 0.6) is 0 Å². The fourth-order valence-electron chi connectivity index (χ4n) is 1.24. The van der Waals surface area contributed by atoms with Crippen LogP contribution in [0.4, 0.5) is 0 Å². The van der Waals surface area contributed by atoms with E-state index in [9.17, 15) is 4.79 Å². The number of rotatable bonds is 1. The van der Waals surface area contributed by atoms with Gasteiger partial charge in [0.1, 0.15) is 6.10 Å². The highest BCUT2D eigenvalue weighted by Gasteiger charge is 2.26. The van der Waals surface area contributed by atoms with Gasteiger partial charge in [0, 0.05) is 13.5 Å². The van der Waals surface area contributed by atoms with Gasteiger partial charge >= 0.3 is 5.97 Å². The van der Waals surface area contributed by atoms with Crippen LogP contribution < -0.4 is 0 Å². The minimum atomic E-state index is -0.359. The maximum Gasteiger partial charge on any atom is 0.303 e. The Morgan fingerprint density at radius 3 is 3.08 bits per heavy atom. The maximum absolute atomic E-state index is 10.6. The molecule has 3 nitrogen and oxygen atoms in total. The summed E-state index contributed by atoms with van der Waals surface area (Å²) in [6.45, 7) is 2.04. The fourth-order valence-corrected chi connectivity index (χ4v) is 1.24. The molecule has 0 bridgehead atoms. The van der Waals surface area contributed by atoms with Gasteiger partial charge in [-0.15, -0.1) is 6.42 Å². The zero-order valence-electron chi connectivity index (χ0n) is 7.08. The van der Waals surface area contributed by atoms with Crippen LogP contribution in [0.3, 0.4) is 0 Å². The molecular weight excluding hydrogens is 156 g/mol. The number of ether oxygens (including phenoxy) is 2. The average Bonchev–Trinajstić information content (AvgIpc) is 2.04. The predicted molar refractivity (Wildman–Crippen MR) is 43.4 cm³/mol. The highest BCUT2D eigenvalue weighted by molar-refractivity contribution is 5.66. The largest absolute Gasteiger partial charge is 0.459 e. The van der Waals surface area contributed by atoms with Gasteiger partial charge in [0.25, 0.3) is 0 Å². The van der Waals surface area contributed by atoms with Crippen LogP contribution in [0.1, 0.15) is 19.8 Å². The van der Waals surface area contributed by atoms with Gasteiger partial charge in [0.05, 0.1) is 0 Å². The molecule has 1 aliphatic heterocycles. The van der Waals surface area contributed by atoms with Crippen molar-refractivity contribution in [2.75, 3.05) is 6.61 Å². The van der Waals surface area contributed by atoms with Gasteiger partial charge in [-0.1, -0.05) is 5.92 Å². The summed E-state index contributed by atoms with van der Waals surface area (Å²) < 4.78 is 10.2. The molecule has 1 fully saturated rings. The van der Waals surface area contributed by atoms with Gasteiger partial charge in [-0.2, -0.15) is 0 Å². The summed E-state index contributed by atoms with van der Waals surface area (Å²) in [5, 5.41) is 0. The third kappa shape index (κ3) is 2.24. The lowest BCUT2D eigenvalue weighted by atomic mass is 10.1. The summed E-state index contributed by atoms with van der Waals surface area (Å²) in [7, 11) is 0. The zero-order chi connectivity index (χ0) is 8.97. The third-order valence-corrected chi connectivity index (χ3v) is 1.75. The second-order valence-corrected chi connectivity index (χ2v) is 2.75. The van der Waals surface area contributed by atoms with E-state index in [2.05, 4.69) is 5.92 Å². The van der Waals surface area contributed by atoms with Crippen molar-refractivity contribution in [2.45, 2.75) is 32.0 Å². The number of esters is 1. The number of carbonyl (C=O) groups excluding carboxylic acids is 1. The Kier molecular flexibility index (Phi) is 3.12. The molecule has 0 N–H and O–H groups in total. The molecule has 3 heteroatoms. The summed E-state index contributed by atoms with van der Waals surface area (Å²) in [5.41, 5.74) is 0. The Bertz CT molecular complexity index is 204. The quantitative estimate of drug-likeness (QED) is 0.427. The molecule has 1 aliphatic rings. The van der Waals surface area contributed by atoms with Gasteiger partial charge in [0.15, 0.2) is 6.10 Å². The third-order valence-electron chi connectivity index (χ3n) is 1.75. The number of carbonyl (C=O) groups is 1. The number of terminal acetylenes is 1. The zero-order valence-corrected chi connectivity index (χ0v) is 7.08. The molecule has 66 valence electrons. The van der Waals surface area contributed by atoms with E-state index >= 15 is 0 Å². The lowest BCUT2D eigenvalue weighted by molar-refractivity contribution is -0.156. The van der Waals surface area contributed by atoms with Crippen LogP contribution in [0.15, 0.2) is 0 Å². The van der Waals surface area contributed by atoms with E-state index in [1.165, 1.54) is 6.92 Å². The number of hydrogen-bond donors (Lipinski definition) is 0. The van der Waals surface area contributed by atoms with Crippen molar-refractivity contribution in [3.05, 3.63) is 0 Å². The molecule has 1 saturated heterocycles. The maximum atomic E-state index is 10.6. The summed E-state index contributed by atoms with van der Waals surface area (Å²) in [5.74, 6) is 2.16. The molecule has 0 saturated carbocycles. The Morgan fingerprint density at radius 2 is 2.50 bits per heavy atom. The highest BCUT2D eigenvalue weighted by atomic mass is 16.6. The van der Waals surface area contributed by atoms with Gasteiger partial charge in [-0.3, -0.25) is 4.79 Å². The molecule has 0 spiro atoms. The highest BCUT2D eigenvalue weighted by Crippen LogP contribution is 2.16. The van der Waals surface area contributed by atoms with Crippen LogP contribution >= 0.6 is 0 Å². The summed E-state index contributed by atoms with van der Waals surface area (Å²) in [6, 6.07) is 0. The molecule has 2 atom stereocenters. The van der Waals surface area contributed by atoms with E-state index in [0.29, 0.717) is 6.61 Å². The summed E-state index contributed by atoms with van der Waals surface area (Å²) >= 11 is 0. The molecule has 0 aromatic carbocycles. The minimum Gasteiger partial charge on any atom is -0.459 e. The predicted octanol–water partition coefficient (Wildman–Crippen LogP) is 0.730. The lowest BCUT2D eigenvalue weighted by Crippen LogP contribution is -2.36. The van der Waals surface area contributed by atoms with Crippen molar-refractivity contribution >= 4 is 5.97 Å². The van der Waals surface area contributed by atoms with Crippen molar-refractivity contribution in [1.82, 2.24) is 0 Å². The normalized spacial score (nSPS) is 29.0. The van der Waals surface area contributed by atoms with E-state index in [0.717, 1.165) is 12.8 Å². The second-order valence-electron chi connectivity index (χ2n) is 2.75. The van der Waals surface area contributed by atoms with Crippen molar-refractivity contribution in [2.24, 2.45) is 0 Å². The molecule has 1 rings (SSSR count). The van der Waals surface area contributed by atoms with Crippen molar-refractivity contribution < 1.29 is 14.3 Å². The number of hydrogen-bond acceptors (Lipinski definition) is 3. The fraction of sp³-hybridized carbons (Fsp3) is 0.667. The molecule has 0 aromatic heterocycles. The average molecular weight is 168 g/mol. The minimum absolute atomic E-state index is 0.249. The first-order valence-corrected chi connectivity index (χ1v) is 3.99. The Morgan fingerprint density at radius 1 is 1.75 bits per heavy atom. The molecule has 12 heavy (non-hydrogen) atoms. The first-order valence-electron chi connectivity index (χ1n) is 3.99. The van der Waals surface area contributed by atoms with Crippen LogP contribution in [0.25, 0.3) is 0 Å². The second kappa shape index (κ2) is 4.13. The molecule has 0 amide bonds. The van der Waals surface area contributed by atoms with Gasteiger partial charge in [-0.25, -0.2) is 0 Å². The van der Waals surface area contributed by atoms with Gasteiger partial charge < -0.3 is 9.47 Å².